The molecule has 0 saturated carbocycles. The van der Waals surface area contributed by atoms with E-state index in [1.165, 1.54) is 5.57 Å². The van der Waals surface area contributed by atoms with Gasteiger partial charge in [-0.25, -0.2) is 0 Å². The van der Waals surface area contributed by atoms with Crippen molar-refractivity contribution < 1.29 is 22.0 Å². The van der Waals surface area contributed by atoms with E-state index in [-0.39, 0.29) is 6.10 Å². The van der Waals surface area contributed by atoms with E-state index < -0.39 is 0 Å². The molecule has 1 rings (SSSR count). The number of halogens is 1. The van der Waals surface area contributed by atoms with Crippen molar-refractivity contribution in [3.05, 3.63) is 29.3 Å². The van der Waals surface area contributed by atoms with Crippen LogP contribution in [-0.2, 0) is 17.3 Å². The molecule has 0 aliphatic rings. The van der Waals surface area contributed by atoms with Crippen LogP contribution in [0.4, 0.5) is 5.69 Å². The van der Waals surface area contributed by atoms with Gasteiger partial charge in [0.25, 0.3) is 0 Å². The second-order valence-electron chi connectivity index (χ2n) is 4.19. The Morgan fingerprint density at radius 3 is 2.41 bits per heavy atom. The summed E-state index contributed by atoms with van der Waals surface area (Å²) >= 11 is 1.82. The van der Waals surface area contributed by atoms with Crippen molar-refractivity contribution in [1.82, 2.24) is 0 Å². The number of anilines is 1. The maximum atomic E-state index is 5.75. The van der Waals surface area contributed by atoms with Crippen LogP contribution in [0.15, 0.2) is 23.8 Å². The van der Waals surface area contributed by atoms with Gasteiger partial charge in [-0.05, 0) is 45.9 Å². The minimum atomic E-state index is 0.179. The van der Waals surface area contributed by atoms with Crippen LogP contribution in [0.2, 0.25) is 0 Å². The van der Waals surface area contributed by atoms with Crippen molar-refractivity contribution >= 4 is 21.5 Å². The molecule has 1 aromatic rings. The predicted octanol–water partition coefficient (Wildman–Crippen LogP) is 4.17. The van der Waals surface area contributed by atoms with Crippen molar-refractivity contribution in [3.8, 4) is 5.75 Å². The maximum absolute atomic E-state index is 5.75. The minimum absolute atomic E-state index is 0.179. The molecule has 0 aliphatic carbocycles. The van der Waals surface area contributed by atoms with Crippen molar-refractivity contribution in [3.63, 3.8) is 0 Å². The first kappa shape index (κ1) is 16.5. The van der Waals surface area contributed by atoms with Crippen LogP contribution in [0.5, 0.6) is 5.75 Å². The van der Waals surface area contributed by atoms with E-state index in [2.05, 4.69) is 29.6 Å². The average molecular weight is 342 g/mol. The summed E-state index contributed by atoms with van der Waals surface area (Å²) in [6, 6.07) is 5.72. The number of allylic oxidation sites excluding steroid dienone is 1. The zero-order valence-electron chi connectivity index (χ0n) is 10.6. The van der Waals surface area contributed by atoms with Crippen LogP contribution >= 0.6 is 9.69 Å². The molecular formula is C13H19ClNORu. The van der Waals surface area contributed by atoms with Gasteiger partial charge in [-0.15, -0.1) is 0 Å². The molecule has 0 fully saturated rings. The third-order valence-corrected chi connectivity index (χ3v) is 1.84. The zero-order chi connectivity index (χ0) is 13.4. The Bertz CT molecular complexity index is 374. The fourth-order valence-corrected chi connectivity index (χ4v) is 1.35. The summed E-state index contributed by atoms with van der Waals surface area (Å²) in [5.74, 6) is 0.889. The van der Waals surface area contributed by atoms with Crippen LogP contribution in [0.25, 0.3) is 6.08 Å². The molecule has 0 unspecified atom stereocenters. The molecule has 97 valence electrons. The standard InChI is InChI=1S/C13H19NO.ClH.Ru/c1-9(2)7-11-8-12(14)5-6-13(11)15-10(3)4;;/h5-8,10H,14H2,1-4H3;1H;/q;;+1/p-1. The molecule has 0 aliphatic heterocycles. The Balaban J connectivity index is 0.00000121. The second-order valence-corrected chi connectivity index (χ2v) is 4.19. The van der Waals surface area contributed by atoms with E-state index >= 15 is 0 Å². The molecule has 0 radical (unpaired) electrons. The molecule has 0 spiro atoms. The Kier molecular flexibility index (Phi) is 8.28. The number of ether oxygens (including phenoxy) is 1. The van der Waals surface area contributed by atoms with E-state index in [1.54, 1.807) is 0 Å². The van der Waals surface area contributed by atoms with Crippen molar-refractivity contribution in [2.24, 2.45) is 0 Å². The van der Waals surface area contributed by atoms with Crippen LogP contribution in [-0.4, -0.2) is 6.10 Å². The number of nitrogens with two attached hydrogens (primary N) is 1. The SMILES string of the molecule is CC(C)=Cc1cc(N)ccc1OC(C)C.[Cl][Ru]. The molecule has 2 nitrogen and oxygen atoms in total. The molecular weight excluding hydrogens is 323 g/mol. The van der Waals surface area contributed by atoms with Crippen LogP contribution in [0.1, 0.15) is 33.3 Å². The van der Waals surface area contributed by atoms with E-state index in [0.29, 0.717) is 0 Å². The Labute approximate surface area is 118 Å². The van der Waals surface area contributed by atoms with Crippen LogP contribution in [0.3, 0.4) is 0 Å². The van der Waals surface area contributed by atoms with E-state index in [1.807, 2.05) is 49.4 Å². The fourth-order valence-electron chi connectivity index (χ4n) is 1.35. The number of nitrogen functional groups attached to an aromatic ring is 1. The first-order chi connectivity index (χ1) is 7.99. The van der Waals surface area contributed by atoms with Gasteiger partial charge in [-0.3, -0.25) is 0 Å². The topological polar surface area (TPSA) is 35.2 Å². The summed E-state index contributed by atoms with van der Waals surface area (Å²) in [5, 5.41) is 0. The van der Waals surface area contributed by atoms with Gasteiger partial charge in [-0.2, -0.15) is 0 Å². The van der Waals surface area contributed by atoms with Gasteiger partial charge in [0.1, 0.15) is 5.75 Å². The third-order valence-electron chi connectivity index (χ3n) is 1.84. The molecule has 0 atom stereocenters. The number of benzene rings is 1. The third kappa shape index (κ3) is 6.70. The van der Waals surface area contributed by atoms with Gasteiger partial charge in [0.15, 0.2) is 0 Å². The molecule has 0 bridgehead atoms. The summed E-state index contributed by atoms with van der Waals surface area (Å²) in [4.78, 5) is 0. The molecule has 2 N–H and O–H groups in total. The van der Waals surface area contributed by atoms with Crippen molar-refractivity contribution in [2.75, 3.05) is 5.73 Å². The summed E-state index contributed by atoms with van der Waals surface area (Å²) in [7, 11) is 4.57. The monoisotopic (exact) mass is 342 g/mol. The Morgan fingerprint density at radius 1 is 1.35 bits per heavy atom. The first-order valence-corrected chi connectivity index (χ1v) is 7.57. The summed E-state index contributed by atoms with van der Waals surface area (Å²) in [6.07, 6.45) is 2.26. The molecule has 1 aromatic carbocycles. The zero-order valence-corrected chi connectivity index (χ0v) is 13.1. The molecule has 4 heteroatoms. The number of rotatable bonds is 3. The molecule has 0 saturated heterocycles. The molecule has 17 heavy (non-hydrogen) atoms. The van der Waals surface area contributed by atoms with E-state index in [9.17, 15) is 0 Å². The Hall–Kier alpha value is -0.527. The van der Waals surface area contributed by atoms with Gasteiger partial charge in [0, 0.05) is 11.3 Å². The fraction of sp³-hybridized carbons (Fsp3) is 0.385. The van der Waals surface area contributed by atoms with E-state index in [0.717, 1.165) is 17.0 Å². The van der Waals surface area contributed by atoms with Gasteiger partial charge in [0.05, 0.1) is 6.10 Å². The first-order valence-electron chi connectivity index (χ1n) is 5.33. The summed E-state index contributed by atoms with van der Waals surface area (Å²) in [6.45, 7) is 8.15. The number of hydrogen-bond acceptors (Lipinski definition) is 2. The second kappa shape index (κ2) is 8.55. The summed E-state index contributed by atoms with van der Waals surface area (Å²) < 4.78 is 5.70. The average Bonchev–Trinajstić information content (AvgIpc) is 2.24. The van der Waals surface area contributed by atoms with Gasteiger partial charge in [0.2, 0.25) is 0 Å². The Morgan fingerprint density at radius 2 is 1.94 bits per heavy atom. The predicted molar refractivity (Wildman–Crippen MR) is 71.8 cm³/mol. The van der Waals surface area contributed by atoms with Crippen LogP contribution in [0, 0.1) is 0 Å². The molecule has 0 heterocycles. The number of hydrogen-bond donors (Lipinski definition) is 1. The normalized spacial score (nSPS) is 9.35. The van der Waals surface area contributed by atoms with Gasteiger partial charge >= 0.3 is 27.0 Å². The van der Waals surface area contributed by atoms with E-state index in [4.69, 9.17) is 10.5 Å². The van der Waals surface area contributed by atoms with Crippen molar-refractivity contribution in [2.45, 2.75) is 33.8 Å². The summed E-state index contributed by atoms with van der Waals surface area (Å²) in [5.41, 5.74) is 8.79. The van der Waals surface area contributed by atoms with Crippen LogP contribution < -0.4 is 10.5 Å². The molecule has 0 aromatic heterocycles. The van der Waals surface area contributed by atoms with Crippen molar-refractivity contribution in [1.29, 1.82) is 0 Å². The quantitative estimate of drug-likeness (QED) is 0.661. The van der Waals surface area contributed by atoms with Gasteiger partial charge < -0.3 is 10.5 Å². The molecule has 0 amide bonds. The van der Waals surface area contributed by atoms with Gasteiger partial charge in [-0.1, -0.05) is 11.6 Å².